The van der Waals surface area contributed by atoms with Crippen molar-refractivity contribution in [1.29, 1.82) is 0 Å². The number of allylic oxidation sites excluding steroid dienone is 9. The minimum Gasteiger partial charge on any atom is -0.454 e. The average Bonchev–Trinajstić information content (AvgIpc) is 1.25. The summed E-state index contributed by atoms with van der Waals surface area (Å²) in [6.45, 7) is 5.79. The van der Waals surface area contributed by atoms with Gasteiger partial charge in [-0.25, -0.2) is 0 Å². The van der Waals surface area contributed by atoms with Crippen molar-refractivity contribution in [3.63, 3.8) is 0 Å². The minimum atomic E-state index is -1.62. The second kappa shape index (κ2) is 64.5. The van der Waals surface area contributed by atoms with Crippen LogP contribution in [-0.4, -0.2) is 99.6 Å². The molecule has 514 valence electrons. The van der Waals surface area contributed by atoms with Crippen LogP contribution in [0.1, 0.15) is 355 Å². The van der Waals surface area contributed by atoms with Crippen molar-refractivity contribution < 1.29 is 49.3 Å². The van der Waals surface area contributed by atoms with Gasteiger partial charge in [-0.1, -0.05) is 319 Å². The summed E-state index contributed by atoms with van der Waals surface area (Å²) in [6, 6.07) is -1.02. The van der Waals surface area contributed by atoms with Crippen LogP contribution in [0.2, 0.25) is 0 Å². The predicted molar refractivity (Wildman–Crippen MR) is 370 cm³/mol. The number of carbonyl (C=O) groups excluding carboxylic acids is 2. The monoisotopic (exact) mass is 1240 g/mol. The third kappa shape index (κ3) is 50.9. The molecule has 8 atom stereocenters. The lowest BCUT2D eigenvalue weighted by Gasteiger charge is -2.41. The van der Waals surface area contributed by atoms with Crippen molar-refractivity contribution in [2.24, 2.45) is 0 Å². The lowest BCUT2D eigenvalue weighted by Crippen LogP contribution is -2.61. The summed E-state index contributed by atoms with van der Waals surface area (Å²) in [5.74, 6) is -1.18. The first-order valence-electron chi connectivity index (χ1n) is 37.6. The molecule has 6 N–H and O–H groups in total. The van der Waals surface area contributed by atoms with Crippen molar-refractivity contribution in [2.75, 3.05) is 13.2 Å². The number of hydrogen-bond donors (Lipinski definition) is 6. The normalized spacial score (nSPS) is 18.5. The molecule has 0 aromatic rings. The summed E-state index contributed by atoms with van der Waals surface area (Å²) in [6.07, 6.45) is 72.6. The molecule has 11 heteroatoms. The van der Waals surface area contributed by atoms with Crippen molar-refractivity contribution in [3.8, 4) is 0 Å². The molecule has 1 saturated heterocycles. The zero-order chi connectivity index (χ0) is 63.9. The van der Waals surface area contributed by atoms with Crippen molar-refractivity contribution in [2.45, 2.75) is 404 Å². The fraction of sp³-hybridized carbons (Fsp3) is 0.844. The lowest BCUT2D eigenvalue weighted by atomic mass is 9.99. The number of ether oxygens (including phenoxy) is 3. The highest BCUT2D eigenvalue weighted by atomic mass is 16.7. The van der Waals surface area contributed by atoms with E-state index in [2.05, 4.69) is 74.7 Å². The van der Waals surface area contributed by atoms with E-state index in [4.69, 9.17) is 14.2 Å². The Kier molecular flexibility index (Phi) is 61.1. The molecule has 0 aliphatic carbocycles. The molecule has 0 spiro atoms. The zero-order valence-corrected chi connectivity index (χ0v) is 57.4. The first-order valence-corrected chi connectivity index (χ1v) is 37.6. The highest BCUT2D eigenvalue weighted by molar-refractivity contribution is 5.80. The van der Waals surface area contributed by atoms with Crippen LogP contribution in [0.3, 0.4) is 0 Å². The molecular formula is C77H141NO10. The number of aliphatic hydroxyl groups is 5. The summed E-state index contributed by atoms with van der Waals surface area (Å²) in [5, 5.41) is 57.3. The molecule has 0 radical (unpaired) electrons. The average molecular weight is 1240 g/mol. The van der Waals surface area contributed by atoms with Crippen LogP contribution in [0.5, 0.6) is 0 Å². The summed E-state index contributed by atoms with van der Waals surface area (Å²) in [4.78, 5) is 26.7. The Morgan fingerprint density at radius 1 is 0.443 bits per heavy atom. The van der Waals surface area contributed by atoms with Crippen LogP contribution in [0.15, 0.2) is 60.8 Å². The molecule has 11 nitrogen and oxygen atoms in total. The molecule has 1 rings (SSSR count). The van der Waals surface area contributed by atoms with Crippen LogP contribution in [0.25, 0.3) is 0 Å². The van der Waals surface area contributed by atoms with E-state index in [1.807, 2.05) is 6.08 Å². The summed E-state index contributed by atoms with van der Waals surface area (Å²) in [5.41, 5.74) is 0. The maximum atomic E-state index is 13.5. The largest absolute Gasteiger partial charge is 0.454 e. The maximum absolute atomic E-state index is 13.5. The van der Waals surface area contributed by atoms with Crippen LogP contribution in [-0.2, 0) is 23.8 Å². The molecule has 1 fully saturated rings. The molecule has 0 aromatic heterocycles. The molecular weight excluding hydrogens is 1100 g/mol. The lowest BCUT2D eigenvalue weighted by molar-refractivity contribution is -0.305. The Bertz CT molecular complexity index is 1670. The van der Waals surface area contributed by atoms with Crippen LogP contribution < -0.4 is 5.32 Å². The molecule has 1 aliphatic rings. The smallest absolute Gasteiger partial charge is 0.306 e. The molecule has 88 heavy (non-hydrogen) atoms. The number of amides is 1. The van der Waals surface area contributed by atoms with Gasteiger partial charge in [-0.3, -0.25) is 9.59 Å². The van der Waals surface area contributed by atoms with E-state index in [1.165, 1.54) is 238 Å². The minimum absolute atomic E-state index is 0.122. The van der Waals surface area contributed by atoms with Crippen molar-refractivity contribution >= 4 is 11.9 Å². The fourth-order valence-electron chi connectivity index (χ4n) is 11.7. The van der Waals surface area contributed by atoms with Gasteiger partial charge in [-0.2, -0.15) is 0 Å². The van der Waals surface area contributed by atoms with Gasteiger partial charge in [0.1, 0.15) is 24.4 Å². The van der Waals surface area contributed by atoms with E-state index >= 15 is 0 Å². The summed E-state index contributed by atoms with van der Waals surface area (Å²) >= 11 is 0. The van der Waals surface area contributed by atoms with E-state index in [0.717, 1.165) is 70.6 Å². The highest BCUT2D eigenvalue weighted by Crippen LogP contribution is 2.26. The van der Waals surface area contributed by atoms with Gasteiger partial charge in [0.25, 0.3) is 0 Å². The Labute approximate surface area is 541 Å². The van der Waals surface area contributed by atoms with Crippen molar-refractivity contribution in [3.05, 3.63) is 60.8 Å². The predicted octanol–water partition coefficient (Wildman–Crippen LogP) is 19.7. The number of esters is 1. The van der Waals surface area contributed by atoms with Gasteiger partial charge >= 0.3 is 5.97 Å². The third-order valence-corrected chi connectivity index (χ3v) is 17.6. The Balaban J connectivity index is 2.53. The molecule has 8 unspecified atom stereocenters. The van der Waals surface area contributed by atoms with E-state index in [0.29, 0.717) is 19.3 Å². The van der Waals surface area contributed by atoms with Gasteiger partial charge in [0.15, 0.2) is 12.4 Å². The summed E-state index contributed by atoms with van der Waals surface area (Å²) in [7, 11) is 0. The number of nitrogens with one attached hydrogen (secondary N) is 1. The molecule has 0 bridgehead atoms. The van der Waals surface area contributed by atoms with Crippen molar-refractivity contribution in [1.82, 2.24) is 5.32 Å². The molecule has 1 heterocycles. The maximum Gasteiger partial charge on any atom is 0.306 e. The first-order chi connectivity index (χ1) is 43.2. The van der Waals surface area contributed by atoms with Crippen LogP contribution in [0.4, 0.5) is 0 Å². The Morgan fingerprint density at radius 2 is 0.784 bits per heavy atom. The zero-order valence-electron chi connectivity index (χ0n) is 57.4. The number of hydrogen-bond acceptors (Lipinski definition) is 10. The number of unbranched alkanes of at least 4 members (excludes halogenated alkanes) is 43. The van der Waals surface area contributed by atoms with Gasteiger partial charge in [-0.15, -0.1) is 0 Å². The van der Waals surface area contributed by atoms with Gasteiger partial charge < -0.3 is 45.1 Å². The summed E-state index contributed by atoms with van der Waals surface area (Å²) < 4.78 is 17.7. The van der Waals surface area contributed by atoms with Gasteiger partial charge in [0, 0.05) is 6.42 Å². The highest BCUT2D eigenvalue weighted by Gasteiger charge is 2.47. The standard InChI is InChI=1S/C77H141NO10/c1-4-7-10-13-16-19-22-25-27-29-31-33-34-35-36-37-39-40-42-44-46-49-52-55-58-61-64-70(81)76(85)78-68(69(80)63-60-57-54-51-48-24-21-18-15-12-9-6-3)67-86-77-75(74(84)73(83)71(66-79)87-77)88-72(82)65-62-59-56-53-50-47-45-43-41-38-32-30-28-26-23-20-17-14-11-8-5-2/h16-17,19-20,25-28,60,63,68-71,73-75,77,79-81,83-84H,4-15,18,21-24,29-59,61-62,64-67H2,1-3H3,(H,78,85)/b19-16-,20-17-,27-25-,28-26-,63-60+. The second-order valence-corrected chi connectivity index (χ2v) is 26.0. The molecule has 0 saturated carbocycles. The Morgan fingerprint density at radius 3 is 1.18 bits per heavy atom. The Hall–Kier alpha value is -2.64. The van der Waals surface area contributed by atoms with E-state index in [9.17, 15) is 35.1 Å². The topological polar surface area (TPSA) is 175 Å². The first kappa shape index (κ1) is 83.4. The number of rotatable bonds is 65. The quantitative estimate of drug-likeness (QED) is 0.0195. The molecule has 1 amide bonds. The van der Waals surface area contributed by atoms with E-state index in [1.54, 1.807) is 6.08 Å². The van der Waals surface area contributed by atoms with E-state index in [-0.39, 0.29) is 13.0 Å². The fourth-order valence-corrected chi connectivity index (χ4v) is 11.7. The van der Waals surface area contributed by atoms with E-state index < -0.39 is 67.4 Å². The SMILES string of the molecule is CCCCC/C=C\C/C=C\CCCCCCCCCCCCCCCCCCC(O)C(=O)NC(COC1OC(CO)C(O)C(O)C1OC(=O)CCCCCCCCCCCCC/C=C\C/C=C\CCCCC)C(O)/C=C/CCCCCCCCCCCC. The van der Waals surface area contributed by atoms with Crippen LogP contribution >= 0.6 is 0 Å². The third-order valence-electron chi connectivity index (χ3n) is 17.6. The molecule has 1 aliphatic heterocycles. The second-order valence-electron chi connectivity index (χ2n) is 26.0. The molecule has 0 aromatic carbocycles. The van der Waals surface area contributed by atoms with Gasteiger partial charge in [0.2, 0.25) is 5.91 Å². The number of aliphatic hydroxyl groups excluding tert-OH is 5. The van der Waals surface area contributed by atoms with Crippen LogP contribution in [0, 0.1) is 0 Å². The number of carbonyl (C=O) groups is 2. The van der Waals surface area contributed by atoms with Gasteiger partial charge in [-0.05, 0) is 89.9 Å². The van der Waals surface area contributed by atoms with Gasteiger partial charge in [0.05, 0.1) is 25.4 Å².